The Labute approximate surface area is 111 Å². The van der Waals surface area contributed by atoms with E-state index < -0.39 is 0 Å². The molecule has 100 valence electrons. The number of aryl methyl sites for hydroxylation is 2. The van der Waals surface area contributed by atoms with Gasteiger partial charge < -0.3 is 10.1 Å². The van der Waals surface area contributed by atoms with E-state index in [1.165, 1.54) is 36.8 Å². The molecule has 0 atom stereocenters. The summed E-state index contributed by atoms with van der Waals surface area (Å²) in [7, 11) is 0. The second kappa shape index (κ2) is 6.79. The predicted molar refractivity (Wildman–Crippen MR) is 76.2 cm³/mol. The number of nitrogens with one attached hydrogen (secondary N) is 1. The Morgan fingerprint density at radius 1 is 1.11 bits per heavy atom. The first-order chi connectivity index (χ1) is 8.74. The average Bonchev–Trinajstić information content (AvgIpc) is 2.80. The van der Waals surface area contributed by atoms with Gasteiger partial charge in [0.15, 0.2) is 0 Å². The van der Waals surface area contributed by atoms with E-state index in [4.69, 9.17) is 4.74 Å². The molecule has 0 aromatic heterocycles. The van der Waals surface area contributed by atoms with Gasteiger partial charge in [-0.15, -0.1) is 0 Å². The maximum Gasteiger partial charge on any atom is 0.119 e. The Morgan fingerprint density at radius 2 is 1.78 bits per heavy atom. The molecule has 1 saturated carbocycles. The molecule has 0 unspecified atom stereocenters. The lowest BCUT2D eigenvalue weighted by Gasteiger charge is -2.12. The Bertz CT molecular complexity index is 349. The molecule has 1 N–H and O–H groups in total. The molecule has 0 heterocycles. The first kappa shape index (κ1) is 13.4. The molecule has 0 bridgehead atoms. The van der Waals surface area contributed by atoms with Crippen molar-refractivity contribution in [3.63, 3.8) is 0 Å². The van der Waals surface area contributed by atoms with Gasteiger partial charge in [0, 0.05) is 6.54 Å². The first-order valence-electron chi connectivity index (χ1n) is 7.16. The Morgan fingerprint density at radius 3 is 2.44 bits per heavy atom. The summed E-state index contributed by atoms with van der Waals surface area (Å²) in [5, 5.41) is 3.50. The fourth-order valence-electron chi connectivity index (χ4n) is 2.78. The minimum Gasteiger partial charge on any atom is -0.492 e. The first-order valence-corrected chi connectivity index (χ1v) is 7.16. The molecule has 18 heavy (non-hydrogen) atoms. The van der Waals surface area contributed by atoms with Gasteiger partial charge in [0.25, 0.3) is 0 Å². The van der Waals surface area contributed by atoms with Crippen LogP contribution in [0.3, 0.4) is 0 Å². The molecule has 0 radical (unpaired) electrons. The van der Waals surface area contributed by atoms with Gasteiger partial charge in [-0.1, -0.05) is 18.9 Å². The van der Waals surface area contributed by atoms with Gasteiger partial charge in [-0.2, -0.15) is 0 Å². The van der Waals surface area contributed by atoms with E-state index in [-0.39, 0.29) is 0 Å². The third-order valence-electron chi connectivity index (χ3n) is 3.65. The molecule has 2 nitrogen and oxygen atoms in total. The fourth-order valence-corrected chi connectivity index (χ4v) is 2.78. The van der Waals surface area contributed by atoms with Crippen LogP contribution < -0.4 is 10.1 Å². The smallest absolute Gasteiger partial charge is 0.119 e. The van der Waals surface area contributed by atoms with Crippen LogP contribution in [0.1, 0.15) is 36.8 Å². The van der Waals surface area contributed by atoms with Crippen molar-refractivity contribution in [1.29, 1.82) is 0 Å². The molecule has 0 saturated heterocycles. The maximum absolute atomic E-state index is 5.77. The zero-order chi connectivity index (χ0) is 12.8. The lowest BCUT2D eigenvalue weighted by Crippen LogP contribution is -2.26. The van der Waals surface area contributed by atoms with E-state index >= 15 is 0 Å². The SMILES string of the molecule is Cc1cc(C)cc(OCCNCC2CCCC2)c1. The van der Waals surface area contributed by atoms with E-state index in [2.05, 4.69) is 37.4 Å². The van der Waals surface area contributed by atoms with Gasteiger partial charge >= 0.3 is 0 Å². The van der Waals surface area contributed by atoms with Crippen molar-refractivity contribution >= 4 is 0 Å². The molecule has 1 aromatic carbocycles. The lowest BCUT2D eigenvalue weighted by atomic mass is 10.1. The Kier molecular flexibility index (Phi) is 5.06. The number of hydrogen-bond donors (Lipinski definition) is 1. The summed E-state index contributed by atoms with van der Waals surface area (Å²) in [4.78, 5) is 0. The summed E-state index contributed by atoms with van der Waals surface area (Å²) < 4.78 is 5.77. The highest BCUT2D eigenvalue weighted by atomic mass is 16.5. The highest BCUT2D eigenvalue weighted by Crippen LogP contribution is 2.23. The van der Waals surface area contributed by atoms with Crippen LogP contribution in [0, 0.1) is 19.8 Å². The highest BCUT2D eigenvalue weighted by molar-refractivity contribution is 5.32. The van der Waals surface area contributed by atoms with Gasteiger partial charge in [0.05, 0.1) is 0 Å². The summed E-state index contributed by atoms with van der Waals surface area (Å²) in [5.74, 6) is 1.90. The molecule has 1 aliphatic carbocycles. The van der Waals surface area contributed by atoms with Crippen molar-refractivity contribution in [3.8, 4) is 5.75 Å². The van der Waals surface area contributed by atoms with Crippen LogP contribution in [-0.4, -0.2) is 19.7 Å². The quantitative estimate of drug-likeness (QED) is 0.777. The average molecular weight is 247 g/mol. The van der Waals surface area contributed by atoms with Crippen molar-refractivity contribution in [1.82, 2.24) is 5.32 Å². The molecule has 2 rings (SSSR count). The van der Waals surface area contributed by atoms with Gasteiger partial charge in [-0.25, -0.2) is 0 Å². The van der Waals surface area contributed by atoms with Crippen LogP contribution >= 0.6 is 0 Å². The number of hydrogen-bond acceptors (Lipinski definition) is 2. The maximum atomic E-state index is 5.77. The van der Waals surface area contributed by atoms with Crippen LogP contribution in [0.2, 0.25) is 0 Å². The molecule has 0 spiro atoms. The van der Waals surface area contributed by atoms with Crippen molar-refractivity contribution in [2.75, 3.05) is 19.7 Å². The zero-order valence-electron chi connectivity index (χ0n) is 11.7. The molecular weight excluding hydrogens is 222 g/mol. The van der Waals surface area contributed by atoms with Gasteiger partial charge in [-0.3, -0.25) is 0 Å². The van der Waals surface area contributed by atoms with E-state index in [0.29, 0.717) is 0 Å². The monoisotopic (exact) mass is 247 g/mol. The van der Waals surface area contributed by atoms with E-state index in [9.17, 15) is 0 Å². The van der Waals surface area contributed by atoms with Crippen molar-refractivity contribution in [2.24, 2.45) is 5.92 Å². The topological polar surface area (TPSA) is 21.3 Å². The van der Waals surface area contributed by atoms with Gasteiger partial charge in [-0.05, 0) is 62.4 Å². The second-order valence-corrected chi connectivity index (χ2v) is 5.53. The molecule has 1 aliphatic rings. The highest BCUT2D eigenvalue weighted by Gasteiger charge is 2.13. The van der Waals surface area contributed by atoms with E-state index in [1.54, 1.807) is 0 Å². The molecular formula is C16H25NO. The second-order valence-electron chi connectivity index (χ2n) is 5.53. The van der Waals surface area contributed by atoms with E-state index in [1.807, 2.05) is 0 Å². The Balaban J connectivity index is 1.62. The standard InChI is InChI=1S/C16H25NO/c1-13-9-14(2)11-16(10-13)18-8-7-17-12-15-5-3-4-6-15/h9-11,15,17H,3-8,12H2,1-2H3. The van der Waals surface area contributed by atoms with Crippen molar-refractivity contribution in [2.45, 2.75) is 39.5 Å². The summed E-state index contributed by atoms with van der Waals surface area (Å²) in [6.07, 6.45) is 5.66. The minimum atomic E-state index is 0.760. The minimum absolute atomic E-state index is 0.760. The zero-order valence-corrected chi connectivity index (χ0v) is 11.7. The van der Waals surface area contributed by atoms with Crippen LogP contribution in [0.4, 0.5) is 0 Å². The van der Waals surface area contributed by atoms with Gasteiger partial charge in [0.2, 0.25) is 0 Å². The Hall–Kier alpha value is -1.02. The molecule has 1 fully saturated rings. The van der Waals surface area contributed by atoms with Crippen LogP contribution in [0.15, 0.2) is 18.2 Å². The molecule has 0 amide bonds. The van der Waals surface area contributed by atoms with Gasteiger partial charge in [0.1, 0.15) is 12.4 Å². The summed E-state index contributed by atoms with van der Waals surface area (Å²) in [6, 6.07) is 6.37. The van der Waals surface area contributed by atoms with Crippen molar-refractivity contribution in [3.05, 3.63) is 29.3 Å². The van der Waals surface area contributed by atoms with Crippen LogP contribution in [0.5, 0.6) is 5.75 Å². The third kappa shape index (κ3) is 4.34. The molecule has 2 heteroatoms. The summed E-state index contributed by atoms with van der Waals surface area (Å²) in [5.41, 5.74) is 2.54. The number of ether oxygens (including phenoxy) is 1. The third-order valence-corrected chi connectivity index (χ3v) is 3.65. The lowest BCUT2D eigenvalue weighted by molar-refractivity contribution is 0.308. The van der Waals surface area contributed by atoms with Crippen LogP contribution in [0.25, 0.3) is 0 Å². The fraction of sp³-hybridized carbons (Fsp3) is 0.625. The number of benzene rings is 1. The largest absolute Gasteiger partial charge is 0.492 e. The molecule has 0 aliphatic heterocycles. The summed E-state index contributed by atoms with van der Waals surface area (Å²) >= 11 is 0. The van der Waals surface area contributed by atoms with Crippen molar-refractivity contribution < 1.29 is 4.74 Å². The summed E-state index contributed by atoms with van der Waals surface area (Å²) in [6.45, 7) is 7.09. The van der Waals surface area contributed by atoms with Crippen LogP contribution in [-0.2, 0) is 0 Å². The molecule has 1 aromatic rings. The number of rotatable bonds is 6. The normalized spacial score (nSPS) is 16.1. The van der Waals surface area contributed by atoms with E-state index in [0.717, 1.165) is 31.4 Å². The predicted octanol–water partition coefficient (Wildman–Crippen LogP) is 3.46.